The van der Waals surface area contributed by atoms with Crippen LogP contribution in [-0.4, -0.2) is 17.6 Å². The Morgan fingerprint density at radius 2 is 1.66 bits per heavy atom. The highest BCUT2D eigenvalue weighted by Gasteiger charge is 2.15. The monoisotopic (exact) mass is 426 g/mol. The lowest BCUT2D eigenvalue weighted by molar-refractivity contribution is -0.111. The molecule has 6 nitrogen and oxygen atoms in total. The molecule has 3 aromatic carbocycles. The maximum absolute atomic E-state index is 12.7. The second-order valence-corrected chi connectivity index (χ2v) is 7.19. The van der Waals surface area contributed by atoms with Crippen LogP contribution in [0.2, 0.25) is 0 Å². The van der Waals surface area contributed by atoms with Gasteiger partial charge in [0.1, 0.15) is 17.2 Å². The van der Waals surface area contributed by atoms with Gasteiger partial charge in [0.15, 0.2) is 0 Å². The molecule has 0 radical (unpaired) electrons. The number of carbonyl (C=O) groups is 1. The van der Waals surface area contributed by atoms with Crippen molar-refractivity contribution in [1.29, 1.82) is 0 Å². The Morgan fingerprint density at radius 3 is 2.34 bits per heavy atom. The molecule has 0 unspecified atom stereocenters. The first-order chi connectivity index (χ1) is 15.5. The van der Waals surface area contributed by atoms with Crippen LogP contribution in [0.3, 0.4) is 0 Å². The summed E-state index contributed by atoms with van der Waals surface area (Å²) in [6.45, 7) is 3.50. The zero-order valence-corrected chi connectivity index (χ0v) is 17.8. The van der Waals surface area contributed by atoms with Crippen molar-refractivity contribution in [2.24, 2.45) is 7.05 Å². The lowest BCUT2D eigenvalue weighted by Gasteiger charge is -2.16. The number of aromatic nitrogens is 1. The standard InChI is InChI=1S/C26H22N2O4/c1-4-25(29)27-17-9-14-24(32-19-12-10-18(31-3)11-13-19)22(15-17)23-16-28(2)26(30)21-8-6-5-7-20(21)23/h4-16H,1H2,2-3H3,(H,27,29). The van der Waals surface area contributed by atoms with E-state index in [2.05, 4.69) is 11.9 Å². The Balaban J connectivity index is 1.90. The molecule has 0 atom stereocenters. The molecule has 0 aliphatic heterocycles. The number of ether oxygens (including phenoxy) is 2. The van der Waals surface area contributed by atoms with Crippen LogP contribution in [0.4, 0.5) is 5.69 Å². The number of anilines is 1. The molecule has 32 heavy (non-hydrogen) atoms. The van der Waals surface area contributed by atoms with Gasteiger partial charge in [0, 0.05) is 35.4 Å². The first-order valence-electron chi connectivity index (χ1n) is 9.98. The van der Waals surface area contributed by atoms with E-state index in [9.17, 15) is 9.59 Å². The van der Waals surface area contributed by atoms with E-state index in [0.29, 0.717) is 22.6 Å². The predicted molar refractivity (Wildman–Crippen MR) is 127 cm³/mol. The van der Waals surface area contributed by atoms with Gasteiger partial charge in [0.05, 0.1) is 7.11 Å². The van der Waals surface area contributed by atoms with Crippen LogP contribution in [0, 0.1) is 0 Å². The molecule has 1 amide bonds. The molecule has 6 heteroatoms. The van der Waals surface area contributed by atoms with Gasteiger partial charge in [-0.05, 0) is 60.0 Å². The van der Waals surface area contributed by atoms with Gasteiger partial charge in [-0.25, -0.2) is 0 Å². The predicted octanol–water partition coefficient (Wildman–Crippen LogP) is 5.13. The topological polar surface area (TPSA) is 69.6 Å². The van der Waals surface area contributed by atoms with E-state index in [1.165, 1.54) is 6.08 Å². The molecule has 1 aromatic heterocycles. The third-order valence-electron chi connectivity index (χ3n) is 5.10. The molecule has 0 aliphatic carbocycles. The highest BCUT2D eigenvalue weighted by atomic mass is 16.5. The number of hydrogen-bond acceptors (Lipinski definition) is 4. The fourth-order valence-electron chi connectivity index (χ4n) is 3.50. The Morgan fingerprint density at radius 1 is 0.969 bits per heavy atom. The number of nitrogens with one attached hydrogen (secondary N) is 1. The van der Waals surface area contributed by atoms with Crippen LogP contribution in [-0.2, 0) is 11.8 Å². The first kappa shape index (κ1) is 20.9. The summed E-state index contributed by atoms with van der Waals surface area (Å²) in [5.41, 5.74) is 2.04. The molecule has 1 N–H and O–H groups in total. The summed E-state index contributed by atoms with van der Waals surface area (Å²) in [6, 6.07) is 20.1. The van der Waals surface area contributed by atoms with Gasteiger partial charge in [0.2, 0.25) is 5.91 Å². The highest BCUT2D eigenvalue weighted by Crippen LogP contribution is 2.38. The molecule has 0 saturated heterocycles. The van der Waals surface area contributed by atoms with Crippen LogP contribution < -0.4 is 20.3 Å². The number of nitrogens with zero attached hydrogens (tertiary/aromatic N) is 1. The van der Waals surface area contributed by atoms with E-state index in [1.54, 1.807) is 43.1 Å². The van der Waals surface area contributed by atoms with Crippen molar-refractivity contribution >= 4 is 22.4 Å². The molecule has 4 aromatic rings. The van der Waals surface area contributed by atoms with Crippen LogP contribution in [0.5, 0.6) is 17.2 Å². The third kappa shape index (κ3) is 4.11. The van der Waals surface area contributed by atoms with Crippen LogP contribution >= 0.6 is 0 Å². The highest BCUT2D eigenvalue weighted by molar-refractivity contribution is 6.01. The van der Waals surface area contributed by atoms with Crippen molar-refractivity contribution in [1.82, 2.24) is 4.57 Å². The molecule has 0 saturated carbocycles. The number of rotatable bonds is 6. The van der Waals surface area contributed by atoms with Crippen molar-refractivity contribution in [3.05, 3.63) is 95.9 Å². The van der Waals surface area contributed by atoms with E-state index in [-0.39, 0.29) is 11.5 Å². The Labute approximate surface area is 185 Å². The molecule has 1 heterocycles. The average Bonchev–Trinajstić information content (AvgIpc) is 2.83. The van der Waals surface area contributed by atoms with E-state index < -0.39 is 0 Å². The van der Waals surface area contributed by atoms with Gasteiger partial charge in [-0.3, -0.25) is 9.59 Å². The number of benzene rings is 3. The van der Waals surface area contributed by atoms with Gasteiger partial charge in [-0.2, -0.15) is 0 Å². The molecular weight excluding hydrogens is 404 g/mol. The summed E-state index contributed by atoms with van der Waals surface area (Å²) in [5.74, 6) is 1.62. The summed E-state index contributed by atoms with van der Waals surface area (Å²) in [6.07, 6.45) is 2.99. The molecule has 0 aliphatic rings. The zero-order valence-electron chi connectivity index (χ0n) is 17.8. The van der Waals surface area contributed by atoms with E-state index in [0.717, 1.165) is 22.3 Å². The zero-order chi connectivity index (χ0) is 22.7. The van der Waals surface area contributed by atoms with Gasteiger partial charge >= 0.3 is 0 Å². The van der Waals surface area contributed by atoms with E-state index in [1.807, 2.05) is 48.5 Å². The fraction of sp³-hybridized carbons (Fsp3) is 0.0769. The van der Waals surface area contributed by atoms with Crippen molar-refractivity contribution < 1.29 is 14.3 Å². The van der Waals surface area contributed by atoms with Crippen LogP contribution in [0.1, 0.15) is 0 Å². The molecule has 160 valence electrons. The van der Waals surface area contributed by atoms with Gasteiger partial charge in [-0.1, -0.05) is 24.8 Å². The largest absolute Gasteiger partial charge is 0.497 e. The normalized spacial score (nSPS) is 10.6. The number of aryl methyl sites for hydroxylation is 1. The first-order valence-corrected chi connectivity index (χ1v) is 9.98. The summed E-state index contributed by atoms with van der Waals surface area (Å²) in [7, 11) is 3.32. The Bertz CT molecular complexity index is 1370. The SMILES string of the molecule is C=CC(=O)Nc1ccc(Oc2ccc(OC)cc2)c(-c2cn(C)c(=O)c3ccccc23)c1. The average molecular weight is 426 g/mol. The molecular formula is C26H22N2O4. The van der Waals surface area contributed by atoms with Crippen molar-refractivity contribution in [3.8, 4) is 28.4 Å². The molecule has 0 bridgehead atoms. The van der Waals surface area contributed by atoms with Crippen LogP contribution in [0.25, 0.3) is 21.9 Å². The summed E-state index contributed by atoms with van der Waals surface area (Å²) in [5, 5.41) is 4.18. The van der Waals surface area contributed by atoms with Crippen LogP contribution in [0.15, 0.2) is 90.4 Å². The van der Waals surface area contributed by atoms with E-state index >= 15 is 0 Å². The third-order valence-corrected chi connectivity index (χ3v) is 5.10. The van der Waals surface area contributed by atoms with Gasteiger partial charge in [0.25, 0.3) is 5.56 Å². The summed E-state index contributed by atoms with van der Waals surface area (Å²) < 4.78 is 13.0. The quantitative estimate of drug-likeness (QED) is 0.434. The van der Waals surface area contributed by atoms with E-state index in [4.69, 9.17) is 9.47 Å². The maximum atomic E-state index is 12.7. The smallest absolute Gasteiger partial charge is 0.258 e. The number of amides is 1. The minimum Gasteiger partial charge on any atom is -0.497 e. The number of pyridine rings is 1. The molecule has 0 spiro atoms. The second-order valence-electron chi connectivity index (χ2n) is 7.19. The number of carbonyl (C=O) groups excluding carboxylic acids is 1. The van der Waals surface area contributed by atoms with Gasteiger partial charge in [-0.15, -0.1) is 0 Å². The number of hydrogen-bond donors (Lipinski definition) is 1. The van der Waals surface area contributed by atoms with Crippen molar-refractivity contribution in [2.75, 3.05) is 12.4 Å². The number of fused-ring (bicyclic) bond motifs is 1. The maximum Gasteiger partial charge on any atom is 0.258 e. The fourth-order valence-corrected chi connectivity index (χ4v) is 3.50. The van der Waals surface area contributed by atoms with Crippen molar-refractivity contribution in [2.45, 2.75) is 0 Å². The summed E-state index contributed by atoms with van der Waals surface area (Å²) >= 11 is 0. The molecule has 4 rings (SSSR count). The number of methoxy groups -OCH3 is 1. The minimum absolute atomic E-state index is 0.0851. The minimum atomic E-state index is -0.315. The second kappa shape index (κ2) is 8.81. The lowest BCUT2D eigenvalue weighted by atomic mass is 9.99. The Hall–Kier alpha value is -4.32. The van der Waals surface area contributed by atoms with Crippen molar-refractivity contribution in [3.63, 3.8) is 0 Å². The summed E-state index contributed by atoms with van der Waals surface area (Å²) in [4.78, 5) is 24.5. The molecule has 0 fully saturated rings. The van der Waals surface area contributed by atoms with Gasteiger partial charge < -0.3 is 19.4 Å². The Kier molecular flexibility index (Phi) is 5.77. The lowest BCUT2D eigenvalue weighted by Crippen LogP contribution is -2.16.